The number of carbonyl (C=O) groups is 2. The zero-order valence-electron chi connectivity index (χ0n) is 19.4. The van der Waals surface area contributed by atoms with Crippen molar-refractivity contribution in [3.05, 3.63) is 0 Å². The van der Waals surface area contributed by atoms with E-state index in [-0.39, 0.29) is 36.0 Å². The molecule has 29 heavy (non-hydrogen) atoms. The highest BCUT2D eigenvalue weighted by Crippen LogP contribution is 2.44. The van der Waals surface area contributed by atoms with Gasteiger partial charge in [-0.15, -0.1) is 0 Å². The van der Waals surface area contributed by atoms with Gasteiger partial charge in [0.2, 0.25) is 0 Å². The minimum absolute atomic E-state index is 0.00744. The molecule has 0 spiro atoms. The second-order valence-electron chi connectivity index (χ2n) is 11.1. The fourth-order valence-corrected chi connectivity index (χ4v) is 5.69. The van der Waals surface area contributed by atoms with Crippen molar-refractivity contribution < 1.29 is 19.1 Å². The molecule has 0 bridgehead atoms. The van der Waals surface area contributed by atoms with Gasteiger partial charge < -0.3 is 9.47 Å². The van der Waals surface area contributed by atoms with Gasteiger partial charge in [0.15, 0.2) is 0 Å². The van der Waals surface area contributed by atoms with Crippen molar-refractivity contribution in [1.82, 2.24) is 0 Å². The molecule has 4 nitrogen and oxygen atoms in total. The number of ether oxygens (including phenoxy) is 2. The van der Waals surface area contributed by atoms with Gasteiger partial charge in [0.25, 0.3) is 0 Å². The molecule has 0 amide bonds. The smallest absolute Gasteiger partial charge is 0.310 e. The van der Waals surface area contributed by atoms with Gasteiger partial charge in [0, 0.05) is 0 Å². The second kappa shape index (κ2) is 9.39. The Labute approximate surface area is 177 Å². The molecule has 0 N–H and O–H groups in total. The summed E-state index contributed by atoms with van der Waals surface area (Å²) < 4.78 is 11.9. The highest BCUT2D eigenvalue weighted by molar-refractivity contribution is 5.87. The van der Waals surface area contributed by atoms with Crippen LogP contribution in [0.1, 0.15) is 86.5 Å². The summed E-state index contributed by atoms with van der Waals surface area (Å²) in [5.74, 6) is 2.20. The molecule has 0 aliphatic heterocycles. The molecule has 166 valence electrons. The molecule has 3 saturated carbocycles. The van der Waals surface area contributed by atoms with Crippen LogP contribution in [0.25, 0.3) is 0 Å². The molecule has 3 aliphatic rings. The van der Waals surface area contributed by atoms with Crippen molar-refractivity contribution in [2.45, 2.75) is 98.7 Å². The van der Waals surface area contributed by atoms with E-state index in [2.05, 4.69) is 41.5 Å². The lowest BCUT2D eigenvalue weighted by Crippen LogP contribution is -2.37. The minimum atomic E-state index is -0.286. The highest BCUT2D eigenvalue weighted by Gasteiger charge is 2.52. The maximum atomic E-state index is 12.8. The van der Waals surface area contributed by atoms with E-state index in [9.17, 15) is 9.59 Å². The van der Waals surface area contributed by atoms with E-state index < -0.39 is 0 Å². The van der Waals surface area contributed by atoms with Gasteiger partial charge in [0.05, 0.1) is 11.8 Å². The maximum absolute atomic E-state index is 12.8. The van der Waals surface area contributed by atoms with E-state index in [1.54, 1.807) is 0 Å². The summed E-state index contributed by atoms with van der Waals surface area (Å²) >= 11 is 0. The third-order valence-corrected chi connectivity index (χ3v) is 7.85. The Morgan fingerprint density at radius 3 is 1.38 bits per heavy atom. The molecular weight excluding hydrogens is 364 g/mol. The molecule has 8 atom stereocenters. The van der Waals surface area contributed by atoms with Gasteiger partial charge in [-0.3, -0.25) is 9.59 Å². The van der Waals surface area contributed by atoms with Crippen molar-refractivity contribution in [2.24, 2.45) is 47.3 Å². The normalized spacial score (nSPS) is 40.0. The summed E-state index contributed by atoms with van der Waals surface area (Å²) in [6, 6.07) is 0. The first-order valence-corrected chi connectivity index (χ1v) is 12.1. The fourth-order valence-electron chi connectivity index (χ4n) is 5.69. The SMILES string of the molecule is CC1CCC(C(C)C)C(OC(=O)C2CC2C(=O)OC2CC(C)CCC2C(C)C)C1. The van der Waals surface area contributed by atoms with Gasteiger partial charge in [-0.05, 0) is 67.6 Å². The summed E-state index contributed by atoms with van der Waals surface area (Å²) in [6.45, 7) is 13.4. The Bertz CT molecular complexity index is 533. The lowest BCUT2D eigenvalue weighted by molar-refractivity contribution is -0.164. The monoisotopic (exact) mass is 406 g/mol. The lowest BCUT2D eigenvalue weighted by atomic mass is 9.75. The van der Waals surface area contributed by atoms with Crippen molar-refractivity contribution in [1.29, 1.82) is 0 Å². The van der Waals surface area contributed by atoms with Gasteiger partial charge in [0.1, 0.15) is 12.2 Å². The van der Waals surface area contributed by atoms with Crippen molar-refractivity contribution in [2.75, 3.05) is 0 Å². The zero-order valence-corrected chi connectivity index (χ0v) is 19.4. The summed E-state index contributed by atoms with van der Waals surface area (Å²) in [7, 11) is 0. The predicted octanol–water partition coefficient (Wildman–Crippen LogP) is 5.63. The van der Waals surface area contributed by atoms with Gasteiger partial charge in [-0.2, -0.15) is 0 Å². The summed E-state index contributed by atoms with van der Waals surface area (Å²) in [4.78, 5) is 25.5. The molecule has 4 heteroatoms. The van der Waals surface area contributed by atoms with Crippen LogP contribution in [0, 0.1) is 47.3 Å². The maximum Gasteiger partial charge on any atom is 0.310 e. The van der Waals surface area contributed by atoms with Crippen LogP contribution in [0.5, 0.6) is 0 Å². The molecule has 0 aromatic carbocycles. The average Bonchev–Trinajstić information content (AvgIpc) is 3.42. The topological polar surface area (TPSA) is 52.6 Å². The number of hydrogen-bond acceptors (Lipinski definition) is 4. The van der Waals surface area contributed by atoms with E-state index in [4.69, 9.17) is 9.47 Å². The number of esters is 2. The molecular formula is C25H42O4. The lowest BCUT2D eigenvalue weighted by Gasteiger charge is -2.37. The second-order valence-corrected chi connectivity index (χ2v) is 11.1. The summed E-state index contributed by atoms with van der Waals surface area (Å²) in [5, 5.41) is 0. The van der Waals surface area contributed by atoms with Crippen molar-refractivity contribution in [3.8, 4) is 0 Å². The molecule has 8 unspecified atom stereocenters. The largest absolute Gasteiger partial charge is 0.462 e. The first-order valence-electron chi connectivity index (χ1n) is 12.1. The molecule has 0 aromatic heterocycles. The Hall–Kier alpha value is -1.06. The third-order valence-electron chi connectivity index (χ3n) is 7.85. The van der Waals surface area contributed by atoms with Gasteiger partial charge in [-0.25, -0.2) is 0 Å². The number of carbonyl (C=O) groups excluding carboxylic acids is 2. The van der Waals surface area contributed by atoms with Gasteiger partial charge in [-0.1, -0.05) is 54.4 Å². The Morgan fingerprint density at radius 2 is 1.03 bits per heavy atom. The Kier molecular flexibility index (Phi) is 7.32. The molecule has 3 aliphatic carbocycles. The molecule has 0 radical (unpaired) electrons. The van der Waals surface area contributed by atoms with E-state index in [1.807, 2.05) is 0 Å². The summed E-state index contributed by atoms with van der Waals surface area (Å²) in [5.41, 5.74) is 0. The third kappa shape index (κ3) is 5.55. The molecule has 0 heterocycles. The minimum Gasteiger partial charge on any atom is -0.462 e. The van der Waals surface area contributed by atoms with Crippen molar-refractivity contribution >= 4 is 11.9 Å². The average molecular weight is 407 g/mol. The van der Waals surface area contributed by atoms with Crippen LogP contribution < -0.4 is 0 Å². The van der Waals surface area contributed by atoms with Crippen LogP contribution in [0.2, 0.25) is 0 Å². The zero-order chi connectivity index (χ0) is 21.3. The van der Waals surface area contributed by atoms with E-state index in [1.165, 1.54) is 12.8 Å². The highest BCUT2D eigenvalue weighted by atomic mass is 16.6. The van der Waals surface area contributed by atoms with Crippen LogP contribution in [0.4, 0.5) is 0 Å². The molecule has 0 aromatic rings. The first-order chi connectivity index (χ1) is 13.7. The van der Waals surface area contributed by atoms with Crippen LogP contribution in [0.3, 0.4) is 0 Å². The quantitative estimate of drug-likeness (QED) is 0.536. The molecule has 3 rings (SSSR count). The summed E-state index contributed by atoms with van der Waals surface area (Å²) in [6.07, 6.45) is 7.20. The van der Waals surface area contributed by atoms with E-state index in [0.29, 0.717) is 41.9 Å². The van der Waals surface area contributed by atoms with Crippen LogP contribution in [0.15, 0.2) is 0 Å². The number of rotatable bonds is 6. The van der Waals surface area contributed by atoms with Crippen LogP contribution >= 0.6 is 0 Å². The first kappa shape index (κ1) is 22.6. The predicted molar refractivity (Wildman–Crippen MR) is 114 cm³/mol. The number of hydrogen-bond donors (Lipinski definition) is 0. The molecule has 3 fully saturated rings. The Balaban J connectivity index is 1.52. The van der Waals surface area contributed by atoms with E-state index in [0.717, 1.165) is 25.7 Å². The molecule has 0 saturated heterocycles. The fraction of sp³-hybridized carbons (Fsp3) is 0.920. The van der Waals surface area contributed by atoms with Crippen LogP contribution in [-0.2, 0) is 19.1 Å². The Morgan fingerprint density at radius 1 is 0.655 bits per heavy atom. The van der Waals surface area contributed by atoms with Crippen molar-refractivity contribution in [3.63, 3.8) is 0 Å². The van der Waals surface area contributed by atoms with E-state index >= 15 is 0 Å². The van der Waals surface area contributed by atoms with Gasteiger partial charge >= 0.3 is 11.9 Å². The standard InChI is InChI=1S/C25H42O4/c1-14(2)18-9-7-16(5)11-22(18)28-24(26)20-13-21(20)25(27)29-23-12-17(6)8-10-19(23)15(3)4/h14-23H,7-13H2,1-6H3. The van der Waals surface area contributed by atoms with Crippen LogP contribution in [-0.4, -0.2) is 24.1 Å².